The summed E-state index contributed by atoms with van der Waals surface area (Å²) in [5, 5.41) is 0. The lowest BCUT2D eigenvalue weighted by molar-refractivity contribution is 0.415. The highest BCUT2D eigenvalue weighted by Crippen LogP contribution is 2.23. The van der Waals surface area contributed by atoms with Crippen LogP contribution in [0.25, 0.3) is 11.4 Å². The normalized spacial score (nSPS) is 10.5. The summed E-state index contributed by atoms with van der Waals surface area (Å²) >= 11 is 5.04. The van der Waals surface area contributed by atoms with Gasteiger partial charge in [-0.15, -0.1) is 0 Å². The van der Waals surface area contributed by atoms with Gasteiger partial charge in [0.2, 0.25) is 0 Å². The van der Waals surface area contributed by atoms with Crippen molar-refractivity contribution in [2.45, 2.75) is 6.54 Å². The Morgan fingerprint density at radius 1 is 1.22 bits per heavy atom. The maximum atomic E-state index is 5.71. The van der Waals surface area contributed by atoms with Crippen LogP contribution in [-0.4, -0.2) is 21.6 Å². The van der Waals surface area contributed by atoms with E-state index in [4.69, 9.17) is 22.7 Å². The summed E-state index contributed by atoms with van der Waals surface area (Å²) in [4.78, 5) is 4.88. The topological polar surface area (TPSA) is 53.1 Å². The minimum atomic E-state index is 0.408. The molecule has 4 nitrogen and oxygen atoms in total. The number of aromatic nitrogens is 2. The van der Waals surface area contributed by atoms with Crippen molar-refractivity contribution in [2.24, 2.45) is 5.73 Å². The highest BCUT2D eigenvalue weighted by Gasteiger charge is 2.08. The number of rotatable bonds is 5. The molecule has 23 heavy (non-hydrogen) atoms. The van der Waals surface area contributed by atoms with Crippen LogP contribution >= 0.6 is 12.2 Å². The zero-order valence-corrected chi connectivity index (χ0v) is 13.6. The van der Waals surface area contributed by atoms with Crippen LogP contribution in [0.1, 0.15) is 11.1 Å². The van der Waals surface area contributed by atoms with Gasteiger partial charge in [-0.1, -0.05) is 42.5 Å². The maximum Gasteiger partial charge on any atom is 0.140 e. The summed E-state index contributed by atoms with van der Waals surface area (Å²) in [7, 11) is 1.66. The van der Waals surface area contributed by atoms with Gasteiger partial charge in [-0.25, -0.2) is 4.98 Å². The lowest BCUT2D eigenvalue weighted by Crippen LogP contribution is -2.10. The zero-order valence-electron chi connectivity index (χ0n) is 12.8. The molecule has 2 N–H and O–H groups in total. The largest absolute Gasteiger partial charge is 0.497 e. The molecule has 5 heteroatoms. The minimum absolute atomic E-state index is 0.408. The van der Waals surface area contributed by atoms with Crippen LogP contribution in [0, 0.1) is 0 Å². The van der Waals surface area contributed by atoms with E-state index in [0.29, 0.717) is 11.5 Å². The van der Waals surface area contributed by atoms with Crippen molar-refractivity contribution in [1.29, 1.82) is 0 Å². The molecule has 0 aliphatic rings. The lowest BCUT2D eigenvalue weighted by atomic mass is 10.1. The molecule has 0 amide bonds. The van der Waals surface area contributed by atoms with Gasteiger partial charge in [0.15, 0.2) is 0 Å². The van der Waals surface area contributed by atoms with Crippen LogP contribution in [0.3, 0.4) is 0 Å². The average molecular weight is 323 g/mol. The molecule has 0 saturated heterocycles. The smallest absolute Gasteiger partial charge is 0.140 e. The molecular weight excluding hydrogens is 306 g/mol. The molecule has 0 bridgehead atoms. The molecule has 3 aromatic rings. The van der Waals surface area contributed by atoms with Crippen LogP contribution in [-0.2, 0) is 6.54 Å². The van der Waals surface area contributed by atoms with Crippen LogP contribution in [0.15, 0.2) is 60.9 Å². The van der Waals surface area contributed by atoms with E-state index in [0.717, 1.165) is 28.3 Å². The molecule has 0 radical (unpaired) electrons. The second-order valence-electron chi connectivity index (χ2n) is 5.18. The van der Waals surface area contributed by atoms with Crippen LogP contribution in [0.2, 0.25) is 0 Å². The molecule has 0 atom stereocenters. The number of ether oxygens (including phenoxy) is 1. The Bertz CT molecular complexity index is 842. The van der Waals surface area contributed by atoms with Gasteiger partial charge >= 0.3 is 0 Å². The van der Waals surface area contributed by atoms with E-state index < -0.39 is 0 Å². The van der Waals surface area contributed by atoms with Crippen molar-refractivity contribution in [3.8, 4) is 17.1 Å². The number of methoxy groups -OCH3 is 1. The number of hydrogen-bond acceptors (Lipinski definition) is 3. The Kier molecular flexibility index (Phi) is 4.39. The molecule has 0 spiro atoms. The maximum absolute atomic E-state index is 5.71. The molecule has 0 fully saturated rings. The summed E-state index contributed by atoms with van der Waals surface area (Å²) in [5.41, 5.74) is 8.72. The van der Waals surface area contributed by atoms with Gasteiger partial charge in [0.1, 0.15) is 16.6 Å². The Morgan fingerprint density at radius 2 is 2.04 bits per heavy atom. The quantitative estimate of drug-likeness (QED) is 0.732. The standard InChI is InChI=1S/C18H17N3OS/c1-22-16-7-3-6-15(11-16)18-20-8-9-21(18)12-13-4-2-5-14(10-13)17(19)23/h2-11H,12H2,1H3,(H2,19,23). The van der Waals surface area contributed by atoms with Gasteiger partial charge in [-0.05, 0) is 23.8 Å². The van der Waals surface area contributed by atoms with Crippen molar-refractivity contribution in [3.63, 3.8) is 0 Å². The monoisotopic (exact) mass is 323 g/mol. The highest BCUT2D eigenvalue weighted by atomic mass is 32.1. The van der Waals surface area contributed by atoms with Crippen molar-refractivity contribution in [3.05, 3.63) is 72.1 Å². The van der Waals surface area contributed by atoms with Gasteiger partial charge in [0.05, 0.1) is 7.11 Å². The molecule has 0 saturated carbocycles. The Morgan fingerprint density at radius 3 is 2.83 bits per heavy atom. The van der Waals surface area contributed by atoms with E-state index in [1.54, 1.807) is 13.3 Å². The molecular formula is C18H17N3OS. The van der Waals surface area contributed by atoms with E-state index in [9.17, 15) is 0 Å². The fourth-order valence-electron chi connectivity index (χ4n) is 2.48. The summed E-state index contributed by atoms with van der Waals surface area (Å²) in [5.74, 6) is 1.71. The predicted molar refractivity (Wildman–Crippen MR) is 95.6 cm³/mol. The number of imidazole rings is 1. The first-order valence-corrected chi connectivity index (χ1v) is 7.62. The van der Waals surface area contributed by atoms with E-state index in [1.807, 2.05) is 48.7 Å². The van der Waals surface area contributed by atoms with E-state index >= 15 is 0 Å². The second kappa shape index (κ2) is 6.62. The third-order valence-corrected chi connectivity index (χ3v) is 3.84. The number of nitrogens with zero attached hydrogens (tertiary/aromatic N) is 2. The van der Waals surface area contributed by atoms with Gasteiger partial charge in [-0.2, -0.15) is 0 Å². The van der Waals surface area contributed by atoms with E-state index in [1.165, 1.54) is 0 Å². The second-order valence-corrected chi connectivity index (χ2v) is 5.62. The highest BCUT2D eigenvalue weighted by molar-refractivity contribution is 7.80. The Balaban J connectivity index is 1.92. The van der Waals surface area contributed by atoms with Crippen molar-refractivity contribution in [2.75, 3.05) is 7.11 Å². The molecule has 1 heterocycles. The number of thiocarbonyl (C=S) groups is 1. The van der Waals surface area contributed by atoms with Crippen molar-refractivity contribution in [1.82, 2.24) is 9.55 Å². The zero-order chi connectivity index (χ0) is 16.2. The van der Waals surface area contributed by atoms with Gasteiger partial charge in [-0.3, -0.25) is 0 Å². The molecule has 1 aromatic heterocycles. The molecule has 0 aliphatic carbocycles. The van der Waals surface area contributed by atoms with Crippen molar-refractivity contribution < 1.29 is 4.74 Å². The summed E-state index contributed by atoms with van der Waals surface area (Å²) < 4.78 is 7.38. The fraction of sp³-hybridized carbons (Fsp3) is 0.111. The third-order valence-electron chi connectivity index (χ3n) is 3.61. The Hall–Kier alpha value is -2.66. The average Bonchev–Trinajstić information content (AvgIpc) is 3.03. The summed E-state index contributed by atoms with van der Waals surface area (Å²) in [6.07, 6.45) is 3.76. The van der Waals surface area contributed by atoms with Gasteiger partial charge in [0, 0.05) is 30.1 Å². The van der Waals surface area contributed by atoms with Crippen molar-refractivity contribution >= 4 is 17.2 Å². The minimum Gasteiger partial charge on any atom is -0.497 e. The first-order valence-electron chi connectivity index (χ1n) is 7.21. The molecule has 3 rings (SSSR count). The van der Waals surface area contributed by atoms with Gasteiger partial charge in [0.25, 0.3) is 0 Å². The predicted octanol–water partition coefficient (Wildman–Crippen LogP) is 3.24. The number of benzene rings is 2. The molecule has 2 aromatic carbocycles. The number of hydrogen-bond donors (Lipinski definition) is 1. The molecule has 116 valence electrons. The first-order chi connectivity index (χ1) is 11.2. The van der Waals surface area contributed by atoms with Crippen LogP contribution in [0.5, 0.6) is 5.75 Å². The van der Waals surface area contributed by atoms with E-state index in [2.05, 4.69) is 15.6 Å². The molecule has 0 unspecified atom stereocenters. The Labute approximate surface area is 140 Å². The SMILES string of the molecule is COc1cccc(-c2nccn2Cc2cccc(C(N)=S)c2)c1. The lowest BCUT2D eigenvalue weighted by Gasteiger charge is -2.10. The third kappa shape index (κ3) is 3.40. The van der Waals surface area contributed by atoms with Gasteiger partial charge < -0.3 is 15.0 Å². The first kappa shape index (κ1) is 15.2. The van der Waals surface area contributed by atoms with E-state index in [-0.39, 0.29) is 0 Å². The fourth-order valence-corrected chi connectivity index (χ4v) is 2.61. The number of nitrogens with two attached hydrogens (primary N) is 1. The van der Waals surface area contributed by atoms with Crippen LogP contribution < -0.4 is 10.5 Å². The van der Waals surface area contributed by atoms with Crippen LogP contribution in [0.4, 0.5) is 0 Å². The summed E-state index contributed by atoms with van der Waals surface area (Å²) in [6.45, 7) is 0.697. The summed E-state index contributed by atoms with van der Waals surface area (Å²) in [6, 6.07) is 15.8. The molecule has 0 aliphatic heterocycles.